The number of fused-ring (bicyclic) bond motifs is 1. The van der Waals surface area contributed by atoms with Gasteiger partial charge in [0, 0.05) is 39.0 Å². The SMILES string of the molecule is CN(C)C(=O)CN=C(NCCc1ccco1)NC1CCOc2ccccc21. The maximum absolute atomic E-state index is 11.9. The van der Waals surface area contributed by atoms with E-state index in [0.717, 1.165) is 29.9 Å². The number of guanidine groups is 1. The third-order valence-corrected chi connectivity index (χ3v) is 4.38. The second-order valence-corrected chi connectivity index (χ2v) is 6.58. The second-order valence-electron chi connectivity index (χ2n) is 6.58. The number of hydrogen-bond donors (Lipinski definition) is 2. The Balaban J connectivity index is 1.67. The first-order valence-corrected chi connectivity index (χ1v) is 9.12. The van der Waals surface area contributed by atoms with Crippen LogP contribution in [-0.2, 0) is 11.2 Å². The van der Waals surface area contributed by atoms with Crippen molar-refractivity contribution in [3.05, 3.63) is 54.0 Å². The molecule has 0 bridgehead atoms. The van der Waals surface area contributed by atoms with Crippen LogP contribution in [0.2, 0.25) is 0 Å². The van der Waals surface area contributed by atoms with E-state index in [1.54, 1.807) is 20.4 Å². The molecule has 7 nitrogen and oxygen atoms in total. The van der Waals surface area contributed by atoms with Crippen molar-refractivity contribution in [2.24, 2.45) is 4.99 Å². The summed E-state index contributed by atoms with van der Waals surface area (Å²) in [5, 5.41) is 6.74. The molecule has 1 unspecified atom stereocenters. The molecule has 2 aromatic rings. The lowest BCUT2D eigenvalue weighted by Gasteiger charge is -2.28. The molecular weight excluding hydrogens is 344 g/mol. The van der Waals surface area contributed by atoms with E-state index in [-0.39, 0.29) is 18.5 Å². The minimum absolute atomic E-state index is 0.0467. The van der Waals surface area contributed by atoms with Crippen molar-refractivity contribution in [3.63, 3.8) is 0 Å². The summed E-state index contributed by atoms with van der Waals surface area (Å²) < 4.78 is 11.1. The minimum atomic E-state index is -0.0467. The van der Waals surface area contributed by atoms with Gasteiger partial charge in [-0.2, -0.15) is 0 Å². The van der Waals surface area contributed by atoms with Gasteiger partial charge in [0.2, 0.25) is 5.91 Å². The van der Waals surface area contributed by atoms with Crippen LogP contribution in [0.1, 0.15) is 23.8 Å². The average molecular weight is 370 g/mol. The molecule has 0 saturated carbocycles. The second kappa shape index (κ2) is 9.12. The fourth-order valence-electron chi connectivity index (χ4n) is 2.86. The largest absolute Gasteiger partial charge is 0.493 e. The zero-order valence-corrected chi connectivity index (χ0v) is 15.8. The highest BCUT2D eigenvalue weighted by Gasteiger charge is 2.22. The Hall–Kier alpha value is -2.96. The summed E-state index contributed by atoms with van der Waals surface area (Å²) >= 11 is 0. The van der Waals surface area contributed by atoms with Crippen molar-refractivity contribution in [2.45, 2.75) is 18.9 Å². The topological polar surface area (TPSA) is 79.1 Å². The lowest BCUT2D eigenvalue weighted by Crippen LogP contribution is -2.42. The number of carbonyl (C=O) groups excluding carboxylic acids is 1. The summed E-state index contributed by atoms with van der Waals surface area (Å²) in [7, 11) is 3.45. The van der Waals surface area contributed by atoms with Crippen molar-refractivity contribution in [1.82, 2.24) is 15.5 Å². The van der Waals surface area contributed by atoms with Gasteiger partial charge in [-0.25, -0.2) is 4.99 Å². The van der Waals surface area contributed by atoms with Crippen LogP contribution in [0.4, 0.5) is 0 Å². The standard InChI is InChI=1S/C20H26N4O3/c1-24(2)19(25)14-22-20(21-11-9-15-6-5-12-26-15)23-17-10-13-27-18-8-4-3-7-16(17)18/h3-8,12,17H,9-11,13-14H2,1-2H3,(H2,21,22,23). The van der Waals surface area contributed by atoms with Gasteiger partial charge < -0.3 is 24.7 Å². The Bertz CT molecular complexity index is 771. The summed E-state index contributed by atoms with van der Waals surface area (Å²) in [4.78, 5) is 17.9. The van der Waals surface area contributed by atoms with Gasteiger partial charge in [0.1, 0.15) is 18.1 Å². The Labute approximate surface area is 159 Å². The quantitative estimate of drug-likeness (QED) is 0.600. The zero-order chi connectivity index (χ0) is 19.1. The maximum atomic E-state index is 11.9. The maximum Gasteiger partial charge on any atom is 0.243 e. The normalized spacial score (nSPS) is 16.2. The smallest absolute Gasteiger partial charge is 0.243 e. The highest BCUT2D eigenvalue weighted by atomic mass is 16.5. The fraction of sp³-hybridized carbons (Fsp3) is 0.400. The molecule has 1 atom stereocenters. The van der Waals surface area contributed by atoms with E-state index in [1.165, 1.54) is 4.90 Å². The Morgan fingerprint density at radius 2 is 2.11 bits per heavy atom. The minimum Gasteiger partial charge on any atom is -0.493 e. The van der Waals surface area contributed by atoms with Crippen molar-refractivity contribution < 1.29 is 13.9 Å². The third kappa shape index (κ3) is 5.26. The molecular formula is C20H26N4O3. The summed E-state index contributed by atoms with van der Waals surface area (Å²) in [5.41, 5.74) is 1.10. The van der Waals surface area contributed by atoms with Crippen molar-refractivity contribution in [2.75, 3.05) is 33.8 Å². The van der Waals surface area contributed by atoms with Gasteiger partial charge in [-0.3, -0.25) is 4.79 Å². The van der Waals surface area contributed by atoms with E-state index in [1.807, 2.05) is 30.3 Å². The number of benzene rings is 1. The number of amides is 1. The number of likely N-dealkylation sites (N-methyl/N-ethyl adjacent to an activating group) is 1. The molecule has 0 radical (unpaired) electrons. The van der Waals surface area contributed by atoms with Gasteiger partial charge in [-0.05, 0) is 18.2 Å². The molecule has 2 heterocycles. The Kier molecular flexibility index (Phi) is 6.35. The van der Waals surface area contributed by atoms with Crippen LogP contribution >= 0.6 is 0 Å². The first-order chi connectivity index (χ1) is 13.1. The van der Waals surface area contributed by atoms with Gasteiger partial charge in [-0.15, -0.1) is 0 Å². The number of aliphatic imine (C=N–C) groups is 1. The molecule has 3 rings (SSSR count). The van der Waals surface area contributed by atoms with Crippen LogP contribution in [-0.4, -0.2) is 50.6 Å². The highest BCUT2D eigenvalue weighted by Crippen LogP contribution is 2.31. The first-order valence-electron chi connectivity index (χ1n) is 9.12. The molecule has 0 spiro atoms. The number of ether oxygens (including phenoxy) is 1. The molecule has 1 aliphatic rings. The predicted octanol–water partition coefficient (Wildman–Crippen LogP) is 1.97. The van der Waals surface area contributed by atoms with E-state index >= 15 is 0 Å². The Morgan fingerprint density at radius 1 is 1.26 bits per heavy atom. The van der Waals surface area contributed by atoms with Crippen LogP contribution in [0.15, 0.2) is 52.1 Å². The number of nitrogens with one attached hydrogen (secondary N) is 2. The summed E-state index contributed by atoms with van der Waals surface area (Å²) in [5.74, 6) is 2.36. The van der Waals surface area contributed by atoms with Crippen molar-refractivity contribution in [3.8, 4) is 5.75 Å². The van der Waals surface area contributed by atoms with Gasteiger partial charge in [0.25, 0.3) is 0 Å². The monoisotopic (exact) mass is 370 g/mol. The Morgan fingerprint density at radius 3 is 2.89 bits per heavy atom. The molecule has 1 aromatic heterocycles. The van der Waals surface area contributed by atoms with Crippen LogP contribution in [0.3, 0.4) is 0 Å². The van der Waals surface area contributed by atoms with Crippen LogP contribution in [0, 0.1) is 0 Å². The fourth-order valence-corrected chi connectivity index (χ4v) is 2.86. The third-order valence-electron chi connectivity index (χ3n) is 4.38. The highest BCUT2D eigenvalue weighted by molar-refractivity contribution is 5.85. The number of carbonyl (C=O) groups is 1. The molecule has 1 aliphatic heterocycles. The molecule has 1 aromatic carbocycles. The zero-order valence-electron chi connectivity index (χ0n) is 15.8. The van der Waals surface area contributed by atoms with E-state index in [2.05, 4.69) is 21.7 Å². The van der Waals surface area contributed by atoms with E-state index in [0.29, 0.717) is 19.1 Å². The van der Waals surface area contributed by atoms with E-state index in [4.69, 9.17) is 9.15 Å². The van der Waals surface area contributed by atoms with Crippen LogP contribution in [0.5, 0.6) is 5.75 Å². The number of furan rings is 1. The molecule has 27 heavy (non-hydrogen) atoms. The predicted molar refractivity (Wildman–Crippen MR) is 104 cm³/mol. The summed E-state index contributed by atoms with van der Waals surface area (Å²) in [6.07, 6.45) is 3.23. The van der Waals surface area contributed by atoms with Crippen molar-refractivity contribution in [1.29, 1.82) is 0 Å². The van der Waals surface area contributed by atoms with Crippen molar-refractivity contribution >= 4 is 11.9 Å². The van der Waals surface area contributed by atoms with Gasteiger partial charge in [-0.1, -0.05) is 18.2 Å². The summed E-state index contributed by atoms with van der Waals surface area (Å²) in [6, 6.07) is 11.9. The first kappa shape index (κ1) is 18.8. The van der Waals surface area contributed by atoms with Crippen LogP contribution in [0.25, 0.3) is 0 Å². The van der Waals surface area contributed by atoms with Gasteiger partial charge in [0.15, 0.2) is 5.96 Å². The van der Waals surface area contributed by atoms with E-state index in [9.17, 15) is 4.79 Å². The average Bonchev–Trinajstić information content (AvgIpc) is 3.19. The lowest BCUT2D eigenvalue weighted by molar-refractivity contribution is -0.127. The molecule has 2 N–H and O–H groups in total. The number of para-hydroxylation sites is 1. The molecule has 0 aliphatic carbocycles. The van der Waals surface area contributed by atoms with Crippen LogP contribution < -0.4 is 15.4 Å². The molecule has 7 heteroatoms. The molecule has 144 valence electrons. The lowest BCUT2D eigenvalue weighted by atomic mass is 10.0. The number of nitrogens with zero attached hydrogens (tertiary/aromatic N) is 2. The molecule has 0 saturated heterocycles. The van der Waals surface area contributed by atoms with E-state index < -0.39 is 0 Å². The van der Waals surface area contributed by atoms with Gasteiger partial charge >= 0.3 is 0 Å². The number of rotatable bonds is 6. The molecule has 0 fully saturated rings. The number of hydrogen-bond acceptors (Lipinski definition) is 4. The molecule has 1 amide bonds. The summed E-state index contributed by atoms with van der Waals surface area (Å²) in [6.45, 7) is 1.39. The van der Waals surface area contributed by atoms with Gasteiger partial charge in [0.05, 0.1) is 18.9 Å².